The number of rotatable bonds is 10. The molecule has 9 heteroatoms. The van der Waals surface area contributed by atoms with Crippen molar-refractivity contribution in [3.63, 3.8) is 0 Å². The molecule has 0 saturated heterocycles. The van der Waals surface area contributed by atoms with Gasteiger partial charge in [-0.2, -0.15) is 5.10 Å². The molecule has 3 rings (SSSR count). The second-order valence-corrected chi connectivity index (χ2v) is 6.93. The molecule has 0 aliphatic heterocycles. The van der Waals surface area contributed by atoms with E-state index in [1.54, 1.807) is 48.5 Å². The SMILES string of the molecule is CCOc1cc(/C=N/NC(=O)c2cccc(O)c2)ccc1OCC(=O)Nc1ccccc1OC. The highest BCUT2D eigenvalue weighted by atomic mass is 16.5. The van der Waals surface area contributed by atoms with Crippen LogP contribution in [-0.4, -0.2) is 43.5 Å². The lowest BCUT2D eigenvalue weighted by Gasteiger charge is -2.13. The molecule has 0 fully saturated rings. The normalized spacial score (nSPS) is 10.5. The van der Waals surface area contributed by atoms with Crippen LogP contribution in [0.3, 0.4) is 0 Å². The first kappa shape index (κ1) is 24.1. The Morgan fingerprint density at radius 3 is 2.56 bits per heavy atom. The number of nitrogens with one attached hydrogen (secondary N) is 2. The largest absolute Gasteiger partial charge is 0.508 e. The third kappa shape index (κ3) is 6.73. The molecular formula is C25H25N3O6. The van der Waals surface area contributed by atoms with E-state index in [0.29, 0.717) is 35.1 Å². The lowest BCUT2D eigenvalue weighted by molar-refractivity contribution is -0.118. The number of phenols is 1. The number of carbonyl (C=O) groups is 2. The van der Waals surface area contributed by atoms with Crippen molar-refractivity contribution in [3.8, 4) is 23.0 Å². The predicted molar refractivity (Wildman–Crippen MR) is 128 cm³/mol. The molecule has 9 nitrogen and oxygen atoms in total. The number of hydrogen-bond acceptors (Lipinski definition) is 7. The molecule has 3 aromatic rings. The van der Waals surface area contributed by atoms with Crippen LogP contribution in [0.1, 0.15) is 22.8 Å². The summed E-state index contributed by atoms with van der Waals surface area (Å²) in [5.74, 6) is 0.537. The molecule has 0 aromatic heterocycles. The van der Waals surface area contributed by atoms with Gasteiger partial charge in [0.2, 0.25) is 0 Å². The number of ether oxygens (including phenoxy) is 3. The van der Waals surface area contributed by atoms with E-state index in [1.807, 2.05) is 13.0 Å². The number of carbonyl (C=O) groups excluding carboxylic acids is 2. The Labute approximate surface area is 197 Å². The van der Waals surface area contributed by atoms with Crippen LogP contribution in [0.25, 0.3) is 0 Å². The van der Waals surface area contributed by atoms with Crippen molar-refractivity contribution in [3.05, 3.63) is 77.9 Å². The van der Waals surface area contributed by atoms with Gasteiger partial charge < -0.3 is 24.6 Å². The van der Waals surface area contributed by atoms with Gasteiger partial charge in [0.05, 0.1) is 25.6 Å². The fraction of sp³-hybridized carbons (Fsp3) is 0.160. The summed E-state index contributed by atoms with van der Waals surface area (Å²) in [7, 11) is 1.53. The third-order valence-electron chi connectivity index (χ3n) is 4.50. The van der Waals surface area contributed by atoms with Crippen molar-refractivity contribution >= 4 is 23.7 Å². The van der Waals surface area contributed by atoms with E-state index in [1.165, 1.54) is 25.5 Å². The Morgan fingerprint density at radius 1 is 0.971 bits per heavy atom. The molecule has 0 radical (unpaired) electrons. The van der Waals surface area contributed by atoms with E-state index in [2.05, 4.69) is 15.8 Å². The fourth-order valence-corrected chi connectivity index (χ4v) is 2.95. The molecule has 3 aromatic carbocycles. The highest BCUT2D eigenvalue weighted by Gasteiger charge is 2.11. The Hall–Kier alpha value is -4.53. The van der Waals surface area contributed by atoms with Crippen molar-refractivity contribution in [1.82, 2.24) is 5.43 Å². The second kappa shape index (κ2) is 11.9. The van der Waals surface area contributed by atoms with Crippen molar-refractivity contribution < 1.29 is 28.9 Å². The standard InChI is InChI=1S/C25H25N3O6/c1-3-33-23-13-17(15-26-28-25(31)18-7-6-8-19(29)14-18)11-12-22(23)34-16-24(30)27-20-9-4-5-10-21(20)32-2/h4-15,29H,3,16H2,1-2H3,(H,27,30)(H,28,31)/b26-15+. The van der Waals surface area contributed by atoms with E-state index in [-0.39, 0.29) is 23.8 Å². The van der Waals surface area contributed by atoms with Crippen molar-refractivity contribution in [2.45, 2.75) is 6.92 Å². The zero-order valence-electron chi connectivity index (χ0n) is 18.8. The molecule has 0 unspecified atom stereocenters. The van der Waals surface area contributed by atoms with Crippen LogP contribution in [0.2, 0.25) is 0 Å². The first-order valence-electron chi connectivity index (χ1n) is 10.4. The molecule has 0 aliphatic carbocycles. The van der Waals surface area contributed by atoms with Gasteiger partial charge in [-0.15, -0.1) is 0 Å². The molecule has 0 saturated carbocycles. The zero-order chi connectivity index (χ0) is 24.3. The number of benzene rings is 3. The molecule has 0 aliphatic rings. The summed E-state index contributed by atoms with van der Waals surface area (Å²) in [6.07, 6.45) is 1.45. The van der Waals surface area contributed by atoms with E-state index >= 15 is 0 Å². The average Bonchev–Trinajstić information content (AvgIpc) is 2.84. The number of phenolic OH excluding ortho intramolecular Hbond substituents is 1. The Bertz CT molecular complexity index is 1180. The van der Waals surface area contributed by atoms with Crippen molar-refractivity contribution in [2.75, 3.05) is 25.6 Å². The minimum Gasteiger partial charge on any atom is -0.508 e. The summed E-state index contributed by atoms with van der Waals surface area (Å²) in [5.41, 5.74) is 3.87. The number of aromatic hydroxyl groups is 1. The lowest BCUT2D eigenvalue weighted by atomic mass is 10.2. The van der Waals surface area contributed by atoms with Gasteiger partial charge in [0, 0.05) is 5.56 Å². The molecule has 3 N–H and O–H groups in total. The summed E-state index contributed by atoms with van der Waals surface area (Å²) < 4.78 is 16.5. The third-order valence-corrected chi connectivity index (χ3v) is 4.50. The van der Waals surface area contributed by atoms with Crippen LogP contribution >= 0.6 is 0 Å². The zero-order valence-corrected chi connectivity index (χ0v) is 18.8. The van der Waals surface area contributed by atoms with Crippen LogP contribution in [0.15, 0.2) is 71.8 Å². The van der Waals surface area contributed by atoms with E-state index in [9.17, 15) is 14.7 Å². The monoisotopic (exact) mass is 463 g/mol. The van der Waals surface area contributed by atoms with E-state index in [0.717, 1.165) is 0 Å². The molecule has 2 amide bonds. The van der Waals surface area contributed by atoms with Gasteiger partial charge >= 0.3 is 0 Å². The first-order valence-corrected chi connectivity index (χ1v) is 10.4. The summed E-state index contributed by atoms with van der Waals surface area (Å²) in [6.45, 7) is 1.98. The molecule has 34 heavy (non-hydrogen) atoms. The van der Waals surface area contributed by atoms with Crippen LogP contribution < -0.4 is 25.0 Å². The molecule has 0 spiro atoms. The Morgan fingerprint density at radius 2 is 1.79 bits per heavy atom. The maximum atomic E-state index is 12.3. The van der Waals surface area contributed by atoms with Crippen LogP contribution in [0, 0.1) is 0 Å². The Balaban J connectivity index is 1.61. The van der Waals surface area contributed by atoms with Crippen LogP contribution in [-0.2, 0) is 4.79 Å². The predicted octanol–water partition coefficient (Wildman–Crippen LogP) is 3.58. The number of hydrazone groups is 1. The summed E-state index contributed by atoms with van der Waals surface area (Å²) >= 11 is 0. The summed E-state index contributed by atoms with van der Waals surface area (Å²) in [6, 6.07) is 18.1. The quantitative estimate of drug-likeness (QED) is 0.312. The van der Waals surface area contributed by atoms with Crippen molar-refractivity contribution in [1.29, 1.82) is 0 Å². The van der Waals surface area contributed by atoms with Gasteiger partial charge in [-0.3, -0.25) is 9.59 Å². The maximum Gasteiger partial charge on any atom is 0.271 e. The first-order chi connectivity index (χ1) is 16.5. The van der Waals surface area contributed by atoms with Gasteiger partial charge in [-0.05, 0) is 61.0 Å². The Kier molecular flexibility index (Phi) is 8.45. The summed E-state index contributed by atoms with van der Waals surface area (Å²) in [5, 5.41) is 16.2. The number of hydrogen-bond donors (Lipinski definition) is 3. The smallest absolute Gasteiger partial charge is 0.271 e. The van der Waals surface area contributed by atoms with E-state index in [4.69, 9.17) is 14.2 Å². The van der Waals surface area contributed by atoms with Gasteiger partial charge in [0.1, 0.15) is 11.5 Å². The number of amides is 2. The molecule has 0 heterocycles. The number of methoxy groups -OCH3 is 1. The van der Waals surface area contributed by atoms with Gasteiger partial charge in [0.15, 0.2) is 18.1 Å². The van der Waals surface area contributed by atoms with E-state index < -0.39 is 5.91 Å². The maximum absolute atomic E-state index is 12.3. The fourth-order valence-electron chi connectivity index (χ4n) is 2.95. The number of nitrogens with zero attached hydrogens (tertiary/aromatic N) is 1. The highest BCUT2D eigenvalue weighted by molar-refractivity contribution is 5.95. The molecular weight excluding hydrogens is 438 g/mol. The van der Waals surface area contributed by atoms with Gasteiger partial charge in [0.25, 0.3) is 11.8 Å². The molecule has 176 valence electrons. The highest BCUT2D eigenvalue weighted by Crippen LogP contribution is 2.28. The van der Waals surface area contributed by atoms with Gasteiger partial charge in [-0.25, -0.2) is 5.43 Å². The molecule has 0 bridgehead atoms. The van der Waals surface area contributed by atoms with Gasteiger partial charge in [-0.1, -0.05) is 18.2 Å². The number of para-hydroxylation sites is 2. The molecule has 0 atom stereocenters. The number of anilines is 1. The minimum absolute atomic E-state index is 0.00911. The topological polar surface area (TPSA) is 118 Å². The lowest BCUT2D eigenvalue weighted by Crippen LogP contribution is -2.20. The van der Waals surface area contributed by atoms with Crippen molar-refractivity contribution in [2.24, 2.45) is 5.10 Å². The summed E-state index contributed by atoms with van der Waals surface area (Å²) in [4.78, 5) is 24.4. The van der Waals surface area contributed by atoms with Crippen LogP contribution in [0.4, 0.5) is 5.69 Å². The van der Waals surface area contributed by atoms with Crippen LogP contribution in [0.5, 0.6) is 23.0 Å². The minimum atomic E-state index is -0.460. The second-order valence-electron chi connectivity index (χ2n) is 6.93. The average molecular weight is 463 g/mol.